The summed E-state index contributed by atoms with van der Waals surface area (Å²) in [5.74, 6) is -1.30. The molecular formula is C15H27N3O3. The average molecular weight is 297 g/mol. The first-order valence-corrected chi connectivity index (χ1v) is 7.83. The minimum atomic E-state index is -0.710. The van der Waals surface area contributed by atoms with Crippen molar-refractivity contribution >= 4 is 17.6 Å². The van der Waals surface area contributed by atoms with Gasteiger partial charge in [0.2, 0.25) is 11.7 Å². The molecule has 1 fully saturated rings. The van der Waals surface area contributed by atoms with Gasteiger partial charge in [-0.3, -0.25) is 19.3 Å². The lowest BCUT2D eigenvalue weighted by Crippen LogP contribution is -2.51. The van der Waals surface area contributed by atoms with E-state index in [9.17, 15) is 14.4 Å². The van der Waals surface area contributed by atoms with Gasteiger partial charge in [-0.2, -0.15) is 0 Å². The van der Waals surface area contributed by atoms with Crippen LogP contribution in [0.1, 0.15) is 46.0 Å². The van der Waals surface area contributed by atoms with Crippen LogP contribution in [0.25, 0.3) is 0 Å². The molecule has 1 rings (SSSR count). The third kappa shape index (κ3) is 5.12. The highest BCUT2D eigenvalue weighted by Gasteiger charge is 2.32. The summed E-state index contributed by atoms with van der Waals surface area (Å²) in [6, 6.07) is -0.894. The fourth-order valence-electron chi connectivity index (χ4n) is 2.59. The molecule has 0 saturated carbocycles. The van der Waals surface area contributed by atoms with Gasteiger partial charge in [-0.1, -0.05) is 19.8 Å². The second-order valence-corrected chi connectivity index (χ2v) is 5.57. The van der Waals surface area contributed by atoms with Crippen molar-refractivity contribution in [3.63, 3.8) is 0 Å². The number of likely N-dealkylation sites (tertiary alicyclic amines) is 1. The van der Waals surface area contributed by atoms with Crippen molar-refractivity contribution < 1.29 is 14.4 Å². The topological polar surface area (TPSA) is 78.5 Å². The van der Waals surface area contributed by atoms with Crippen LogP contribution in [0, 0.1) is 0 Å². The lowest BCUT2D eigenvalue weighted by atomic mass is 10.0. The monoisotopic (exact) mass is 297 g/mol. The fraction of sp³-hybridized carbons (Fsp3) is 0.800. The minimum absolute atomic E-state index is 0.145. The highest BCUT2D eigenvalue weighted by molar-refractivity contribution is 6.38. The molecule has 2 amide bonds. The van der Waals surface area contributed by atoms with Crippen LogP contribution in [-0.4, -0.2) is 54.7 Å². The maximum atomic E-state index is 12.3. The minimum Gasteiger partial charge on any atom is -0.350 e. The Morgan fingerprint density at radius 1 is 1.29 bits per heavy atom. The summed E-state index contributed by atoms with van der Waals surface area (Å²) in [6.45, 7) is 5.07. The molecule has 0 aromatic heterocycles. The molecule has 120 valence electrons. The Morgan fingerprint density at radius 3 is 2.52 bits per heavy atom. The summed E-state index contributed by atoms with van der Waals surface area (Å²) in [7, 11) is 1.91. The molecule has 1 heterocycles. The average Bonchev–Trinajstić information content (AvgIpc) is 2.89. The molecule has 0 aliphatic carbocycles. The summed E-state index contributed by atoms with van der Waals surface area (Å²) in [6.07, 6.45) is 4.01. The van der Waals surface area contributed by atoms with Gasteiger partial charge in [0.25, 0.3) is 5.91 Å². The van der Waals surface area contributed by atoms with Crippen molar-refractivity contribution in [3.05, 3.63) is 0 Å². The largest absolute Gasteiger partial charge is 0.350 e. The third-order valence-corrected chi connectivity index (χ3v) is 3.86. The number of carbonyl (C=O) groups is 3. The van der Waals surface area contributed by atoms with Gasteiger partial charge in [0.05, 0.1) is 12.1 Å². The molecular weight excluding hydrogens is 270 g/mol. The van der Waals surface area contributed by atoms with Gasteiger partial charge >= 0.3 is 0 Å². The highest BCUT2D eigenvalue weighted by Crippen LogP contribution is 2.15. The van der Waals surface area contributed by atoms with Gasteiger partial charge in [0.15, 0.2) is 0 Å². The molecule has 2 atom stereocenters. The van der Waals surface area contributed by atoms with Crippen LogP contribution in [0.2, 0.25) is 0 Å². The fourth-order valence-corrected chi connectivity index (χ4v) is 2.59. The van der Waals surface area contributed by atoms with Crippen molar-refractivity contribution in [2.24, 2.45) is 0 Å². The van der Waals surface area contributed by atoms with E-state index in [2.05, 4.69) is 10.6 Å². The molecule has 0 bridgehead atoms. The predicted octanol–water partition coefficient (Wildman–Crippen LogP) is 0.461. The van der Waals surface area contributed by atoms with Gasteiger partial charge < -0.3 is 10.6 Å². The van der Waals surface area contributed by atoms with E-state index >= 15 is 0 Å². The predicted molar refractivity (Wildman–Crippen MR) is 80.8 cm³/mol. The van der Waals surface area contributed by atoms with Gasteiger partial charge in [0, 0.05) is 6.54 Å². The van der Waals surface area contributed by atoms with Crippen molar-refractivity contribution in [1.82, 2.24) is 15.5 Å². The molecule has 1 saturated heterocycles. The van der Waals surface area contributed by atoms with Crippen LogP contribution in [0.15, 0.2) is 0 Å². The quantitative estimate of drug-likeness (QED) is 0.638. The number of hydrogen-bond acceptors (Lipinski definition) is 4. The smallest absolute Gasteiger partial charge is 0.289 e. The molecule has 2 N–H and O–H groups in total. The van der Waals surface area contributed by atoms with Crippen LogP contribution in [0.4, 0.5) is 0 Å². The highest BCUT2D eigenvalue weighted by atomic mass is 16.2. The Bertz CT molecular complexity index is 384. The number of unbranched alkanes of at least 4 members (excludes halogenated alkanes) is 1. The molecule has 6 nitrogen and oxygen atoms in total. The zero-order valence-electron chi connectivity index (χ0n) is 13.3. The summed E-state index contributed by atoms with van der Waals surface area (Å²) in [5.41, 5.74) is 0. The second kappa shape index (κ2) is 8.77. The SMILES string of the molecule is CCCCC(NC(=O)C1CCCN1C)C(=O)C(=O)NCC. The first kappa shape index (κ1) is 17.6. The number of nitrogens with one attached hydrogen (secondary N) is 2. The first-order chi connectivity index (χ1) is 10.0. The Labute approximate surface area is 126 Å². The summed E-state index contributed by atoms with van der Waals surface area (Å²) in [4.78, 5) is 38.1. The molecule has 0 radical (unpaired) electrons. The molecule has 0 spiro atoms. The van der Waals surface area contributed by atoms with E-state index in [4.69, 9.17) is 0 Å². The lowest BCUT2D eigenvalue weighted by molar-refractivity contribution is -0.140. The Hall–Kier alpha value is -1.43. The number of amides is 2. The lowest BCUT2D eigenvalue weighted by Gasteiger charge is -2.23. The normalized spacial score (nSPS) is 20.0. The summed E-state index contributed by atoms with van der Waals surface area (Å²) >= 11 is 0. The van der Waals surface area contributed by atoms with Crippen LogP contribution in [0.5, 0.6) is 0 Å². The maximum absolute atomic E-state index is 12.3. The Morgan fingerprint density at radius 2 is 2.00 bits per heavy atom. The molecule has 1 aliphatic rings. The molecule has 0 aromatic rings. The zero-order chi connectivity index (χ0) is 15.8. The van der Waals surface area contributed by atoms with Gasteiger partial charge in [-0.05, 0) is 39.8 Å². The molecule has 1 aliphatic heterocycles. The van der Waals surface area contributed by atoms with E-state index in [1.54, 1.807) is 6.92 Å². The maximum Gasteiger partial charge on any atom is 0.289 e. The molecule has 21 heavy (non-hydrogen) atoms. The van der Waals surface area contributed by atoms with E-state index in [-0.39, 0.29) is 11.9 Å². The van der Waals surface area contributed by atoms with Crippen molar-refractivity contribution in [1.29, 1.82) is 0 Å². The van der Waals surface area contributed by atoms with Crippen LogP contribution < -0.4 is 10.6 Å². The number of Topliss-reactive ketones (excluding diaryl/α,β-unsaturated/α-hetero) is 1. The Kier molecular flexibility index (Phi) is 7.36. The number of hydrogen-bond donors (Lipinski definition) is 2. The summed E-state index contributed by atoms with van der Waals surface area (Å²) < 4.78 is 0. The zero-order valence-corrected chi connectivity index (χ0v) is 13.3. The van der Waals surface area contributed by atoms with E-state index in [1.807, 2.05) is 18.9 Å². The third-order valence-electron chi connectivity index (χ3n) is 3.86. The van der Waals surface area contributed by atoms with Gasteiger partial charge in [-0.25, -0.2) is 0 Å². The van der Waals surface area contributed by atoms with Gasteiger partial charge in [-0.15, -0.1) is 0 Å². The molecule has 6 heteroatoms. The van der Waals surface area contributed by atoms with Crippen molar-refractivity contribution in [2.45, 2.75) is 58.0 Å². The van der Waals surface area contributed by atoms with E-state index < -0.39 is 17.7 Å². The number of carbonyl (C=O) groups excluding carboxylic acids is 3. The van der Waals surface area contributed by atoms with Crippen molar-refractivity contribution in [2.75, 3.05) is 20.1 Å². The van der Waals surface area contributed by atoms with E-state index in [0.717, 1.165) is 32.2 Å². The van der Waals surface area contributed by atoms with Crippen LogP contribution >= 0.6 is 0 Å². The Balaban J connectivity index is 2.66. The van der Waals surface area contributed by atoms with Gasteiger partial charge in [0.1, 0.15) is 0 Å². The number of ketones is 1. The number of nitrogens with zero attached hydrogens (tertiary/aromatic N) is 1. The first-order valence-electron chi connectivity index (χ1n) is 7.83. The number of rotatable bonds is 8. The summed E-state index contributed by atoms with van der Waals surface area (Å²) in [5, 5.41) is 5.28. The molecule has 0 aromatic carbocycles. The standard InChI is InChI=1S/C15H27N3O3/c1-4-6-8-11(13(19)15(21)16-5-2)17-14(20)12-9-7-10-18(12)3/h11-12H,4-10H2,1-3H3,(H,16,21)(H,17,20). The second-order valence-electron chi connectivity index (χ2n) is 5.57. The number of likely N-dealkylation sites (N-methyl/N-ethyl adjacent to an activating group) is 2. The van der Waals surface area contributed by atoms with E-state index in [0.29, 0.717) is 13.0 Å². The van der Waals surface area contributed by atoms with E-state index in [1.165, 1.54) is 0 Å². The van der Waals surface area contributed by atoms with Crippen LogP contribution in [0.3, 0.4) is 0 Å². The molecule has 2 unspecified atom stereocenters. The van der Waals surface area contributed by atoms with Crippen molar-refractivity contribution in [3.8, 4) is 0 Å². The van der Waals surface area contributed by atoms with Crippen LogP contribution in [-0.2, 0) is 14.4 Å².